The molecular formula is C15H18N2O4. The number of carboxylic acids is 1. The Hall–Kier alpha value is -2.08. The maximum atomic E-state index is 11.9. The van der Waals surface area contributed by atoms with Crippen molar-refractivity contribution in [3.63, 3.8) is 0 Å². The van der Waals surface area contributed by atoms with Crippen LogP contribution >= 0.6 is 0 Å². The molecule has 3 rings (SSSR count). The maximum Gasteiger partial charge on any atom is 0.315 e. The first-order chi connectivity index (χ1) is 10.1. The number of rotatable bonds is 4. The van der Waals surface area contributed by atoms with E-state index in [1.807, 2.05) is 12.1 Å². The number of fused-ring (bicyclic) bond motifs is 1. The lowest BCUT2D eigenvalue weighted by Gasteiger charge is -2.30. The van der Waals surface area contributed by atoms with Gasteiger partial charge in [0.05, 0.1) is 19.3 Å². The predicted octanol–water partition coefficient (Wildman–Crippen LogP) is 0.725. The zero-order valence-corrected chi connectivity index (χ0v) is 11.5. The first-order valence-corrected chi connectivity index (χ1v) is 7.08. The lowest BCUT2D eigenvalue weighted by atomic mass is 9.78. The van der Waals surface area contributed by atoms with E-state index in [4.69, 9.17) is 9.84 Å². The van der Waals surface area contributed by atoms with E-state index in [0.717, 1.165) is 6.42 Å². The molecular weight excluding hydrogens is 272 g/mol. The van der Waals surface area contributed by atoms with Crippen LogP contribution in [0.25, 0.3) is 0 Å². The lowest BCUT2D eigenvalue weighted by molar-refractivity contribution is -0.142. The fraction of sp³-hybridized carbons (Fsp3) is 0.467. The van der Waals surface area contributed by atoms with E-state index in [-0.39, 0.29) is 19.2 Å². The Morgan fingerprint density at radius 2 is 2.10 bits per heavy atom. The van der Waals surface area contributed by atoms with Crippen molar-refractivity contribution in [2.24, 2.45) is 5.92 Å². The van der Waals surface area contributed by atoms with Gasteiger partial charge in [0, 0.05) is 12.5 Å². The molecule has 1 aliphatic carbocycles. The highest BCUT2D eigenvalue weighted by atomic mass is 16.5. The molecule has 3 N–H and O–H groups in total. The predicted molar refractivity (Wildman–Crippen MR) is 75.2 cm³/mol. The first-order valence-electron chi connectivity index (χ1n) is 7.08. The zero-order valence-electron chi connectivity index (χ0n) is 11.5. The molecule has 1 aromatic carbocycles. The minimum absolute atomic E-state index is 0.149. The van der Waals surface area contributed by atoms with Gasteiger partial charge in [0.1, 0.15) is 5.92 Å². The van der Waals surface area contributed by atoms with Crippen LogP contribution in [-0.4, -0.2) is 42.9 Å². The molecule has 2 amide bonds. The van der Waals surface area contributed by atoms with Crippen molar-refractivity contribution in [3.8, 4) is 0 Å². The molecule has 3 atom stereocenters. The van der Waals surface area contributed by atoms with Crippen LogP contribution in [0.3, 0.4) is 0 Å². The van der Waals surface area contributed by atoms with Crippen LogP contribution in [0.4, 0.5) is 4.79 Å². The molecule has 0 saturated carbocycles. The zero-order chi connectivity index (χ0) is 14.8. The molecule has 2 aliphatic rings. The van der Waals surface area contributed by atoms with Crippen LogP contribution in [0, 0.1) is 5.92 Å². The molecule has 1 aromatic rings. The van der Waals surface area contributed by atoms with Gasteiger partial charge in [-0.2, -0.15) is 0 Å². The summed E-state index contributed by atoms with van der Waals surface area (Å²) in [5.41, 5.74) is 2.62. The highest BCUT2D eigenvalue weighted by Crippen LogP contribution is 2.33. The Kier molecular flexibility index (Phi) is 3.79. The van der Waals surface area contributed by atoms with E-state index < -0.39 is 17.9 Å². The molecule has 3 unspecified atom stereocenters. The van der Waals surface area contributed by atoms with E-state index in [2.05, 4.69) is 22.8 Å². The van der Waals surface area contributed by atoms with Crippen molar-refractivity contribution in [2.75, 3.05) is 19.8 Å². The Balaban J connectivity index is 1.46. The molecule has 6 nitrogen and oxygen atoms in total. The fourth-order valence-electron chi connectivity index (χ4n) is 2.92. The summed E-state index contributed by atoms with van der Waals surface area (Å²) in [6, 6.07) is 7.39. The summed E-state index contributed by atoms with van der Waals surface area (Å²) in [6.07, 6.45) is 0.973. The third-order valence-corrected chi connectivity index (χ3v) is 4.18. The van der Waals surface area contributed by atoms with Crippen LogP contribution in [0.1, 0.15) is 17.0 Å². The molecule has 0 bridgehead atoms. The summed E-state index contributed by atoms with van der Waals surface area (Å²) in [6.45, 7) is 0.959. The molecule has 0 spiro atoms. The maximum absolute atomic E-state index is 11.9. The second-order valence-electron chi connectivity index (χ2n) is 5.54. The van der Waals surface area contributed by atoms with Gasteiger partial charge in [0.25, 0.3) is 0 Å². The summed E-state index contributed by atoms with van der Waals surface area (Å²) < 4.78 is 5.11. The topological polar surface area (TPSA) is 87.7 Å². The van der Waals surface area contributed by atoms with Gasteiger partial charge in [-0.15, -0.1) is 0 Å². The Labute approximate surface area is 122 Å². The number of carbonyl (C=O) groups excluding carboxylic acids is 1. The van der Waals surface area contributed by atoms with Gasteiger partial charge in [-0.05, 0) is 17.5 Å². The molecule has 1 fully saturated rings. The van der Waals surface area contributed by atoms with E-state index in [9.17, 15) is 9.59 Å². The Bertz CT molecular complexity index is 560. The van der Waals surface area contributed by atoms with Crippen molar-refractivity contribution in [1.29, 1.82) is 0 Å². The highest BCUT2D eigenvalue weighted by molar-refractivity contribution is 5.77. The summed E-state index contributed by atoms with van der Waals surface area (Å²) >= 11 is 0. The Morgan fingerprint density at radius 3 is 2.86 bits per heavy atom. The van der Waals surface area contributed by atoms with E-state index in [0.29, 0.717) is 12.5 Å². The van der Waals surface area contributed by atoms with Crippen LogP contribution < -0.4 is 10.6 Å². The van der Waals surface area contributed by atoms with Gasteiger partial charge in [0.2, 0.25) is 0 Å². The average Bonchev–Trinajstić information content (AvgIpc) is 2.88. The second-order valence-corrected chi connectivity index (χ2v) is 5.54. The Morgan fingerprint density at radius 1 is 1.29 bits per heavy atom. The van der Waals surface area contributed by atoms with E-state index in [1.165, 1.54) is 11.1 Å². The van der Waals surface area contributed by atoms with Crippen LogP contribution in [0.5, 0.6) is 0 Å². The van der Waals surface area contributed by atoms with E-state index >= 15 is 0 Å². The average molecular weight is 290 g/mol. The highest BCUT2D eigenvalue weighted by Gasteiger charge is 2.35. The number of carboxylic acid groups (broad SMARTS) is 1. The smallest absolute Gasteiger partial charge is 0.315 e. The number of aliphatic carboxylic acids is 1. The fourth-order valence-corrected chi connectivity index (χ4v) is 2.92. The summed E-state index contributed by atoms with van der Waals surface area (Å²) in [5, 5.41) is 14.5. The van der Waals surface area contributed by atoms with Crippen molar-refractivity contribution >= 4 is 12.0 Å². The van der Waals surface area contributed by atoms with Crippen molar-refractivity contribution < 1.29 is 19.4 Å². The second kappa shape index (κ2) is 5.73. The molecule has 112 valence electrons. The number of carbonyl (C=O) groups is 2. The number of benzene rings is 1. The molecule has 1 aliphatic heterocycles. The van der Waals surface area contributed by atoms with Gasteiger partial charge in [-0.25, -0.2) is 4.79 Å². The number of urea groups is 1. The quantitative estimate of drug-likeness (QED) is 0.762. The third kappa shape index (κ3) is 2.85. The number of nitrogens with one attached hydrogen (secondary N) is 2. The van der Waals surface area contributed by atoms with Crippen LogP contribution in [0.2, 0.25) is 0 Å². The number of amides is 2. The van der Waals surface area contributed by atoms with Gasteiger partial charge in [-0.1, -0.05) is 24.3 Å². The van der Waals surface area contributed by atoms with Gasteiger partial charge >= 0.3 is 12.0 Å². The molecule has 1 saturated heterocycles. The minimum atomic E-state index is -0.939. The van der Waals surface area contributed by atoms with Crippen molar-refractivity contribution in [2.45, 2.75) is 18.4 Å². The molecule has 21 heavy (non-hydrogen) atoms. The van der Waals surface area contributed by atoms with Crippen molar-refractivity contribution in [3.05, 3.63) is 35.4 Å². The summed E-state index contributed by atoms with van der Waals surface area (Å²) in [7, 11) is 0. The molecule has 6 heteroatoms. The third-order valence-electron chi connectivity index (χ3n) is 4.18. The van der Waals surface area contributed by atoms with Gasteiger partial charge < -0.3 is 20.5 Å². The van der Waals surface area contributed by atoms with E-state index in [1.54, 1.807) is 0 Å². The molecule has 0 radical (unpaired) electrons. The standard InChI is InChI=1S/C15H18N2O4/c18-14(19)12-7-21-8-13(12)17-15(20)16-6-10-5-9-3-1-2-4-11(9)10/h1-4,10,12-13H,5-8H2,(H,18,19)(H2,16,17,20). The SMILES string of the molecule is O=C(NCC1Cc2ccccc21)NC1COCC1C(=O)O. The summed E-state index contributed by atoms with van der Waals surface area (Å²) in [5.74, 6) is -1.26. The lowest BCUT2D eigenvalue weighted by Crippen LogP contribution is -2.48. The molecule has 0 aromatic heterocycles. The summed E-state index contributed by atoms with van der Waals surface area (Å²) in [4.78, 5) is 22.9. The first kappa shape index (κ1) is 13.9. The van der Waals surface area contributed by atoms with Crippen molar-refractivity contribution in [1.82, 2.24) is 10.6 Å². The number of hydrogen-bond acceptors (Lipinski definition) is 3. The normalized spacial score (nSPS) is 26.6. The van der Waals surface area contributed by atoms with Crippen LogP contribution in [-0.2, 0) is 16.0 Å². The largest absolute Gasteiger partial charge is 0.481 e. The number of ether oxygens (including phenoxy) is 1. The van der Waals surface area contributed by atoms with Gasteiger partial charge in [-0.3, -0.25) is 4.79 Å². The minimum Gasteiger partial charge on any atom is -0.481 e. The number of hydrogen-bond donors (Lipinski definition) is 3. The molecule has 1 heterocycles. The monoisotopic (exact) mass is 290 g/mol. The van der Waals surface area contributed by atoms with Crippen LogP contribution in [0.15, 0.2) is 24.3 Å². The van der Waals surface area contributed by atoms with Gasteiger partial charge in [0.15, 0.2) is 0 Å².